The van der Waals surface area contributed by atoms with E-state index >= 15 is 0 Å². The Morgan fingerprint density at radius 1 is 1.09 bits per heavy atom. The van der Waals surface area contributed by atoms with Crippen molar-refractivity contribution in [3.8, 4) is 5.75 Å². The quantitative estimate of drug-likeness (QED) is 0.381. The van der Waals surface area contributed by atoms with Crippen LogP contribution in [-0.2, 0) is 19.1 Å². The smallest absolute Gasteiger partial charge is 0.308 e. The van der Waals surface area contributed by atoms with Crippen molar-refractivity contribution in [1.29, 1.82) is 0 Å². The van der Waals surface area contributed by atoms with Crippen LogP contribution in [0.15, 0.2) is 59.7 Å². The zero-order valence-electron chi connectivity index (χ0n) is 19.7. The summed E-state index contributed by atoms with van der Waals surface area (Å²) in [5, 5.41) is 7.79. The molecule has 2 amide bonds. The minimum Gasteiger partial charge on any atom is -0.448 e. The first kappa shape index (κ1) is 24.2. The second-order valence-corrected chi connectivity index (χ2v) is 8.59. The van der Waals surface area contributed by atoms with Gasteiger partial charge in [0.25, 0.3) is 0 Å². The van der Waals surface area contributed by atoms with Gasteiger partial charge in [-0.2, -0.15) is 5.01 Å². The molecule has 0 N–H and O–H groups in total. The third-order valence-corrected chi connectivity index (χ3v) is 5.80. The van der Waals surface area contributed by atoms with Crippen molar-refractivity contribution < 1.29 is 23.9 Å². The van der Waals surface area contributed by atoms with E-state index in [1.807, 2.05) is 37.3 Å². The highest BCUT2D eigenvalue weighted by molar-refractivity contribution is 6.30. The third-order valence-electron chi connectivity index (χ3n) is 5.57. The SMILES string of the molecule is CC(=O)Oc1ccc2ccccc2c1C1=NN(C(C)=O)[C@@H](CN(C(C)=O)c2ccc(Cl)cc2C)O1. The molecule has 3 aromatic carbocycles. The topological polar surface area (TPSA) is 88.5 Å². The zero-order chi connectivity index (χ0) is 25.3. The molecule has 8 nitrogen and oxygen atoms in total. The van der Waals surface area contributed by atoms with Crippen molar-refractivity contribution >= 4 is 51.7 Å². The molecule has 0 saturated heterocycles. The number of ether oxygens (including phenoxy) is 2. The summed E-state index contributed by atoms with van der Waals surface area (Å²) in [7, 11) is 0. The Bertz CT molecular complexity index is 1370. The molecule has 0 bridgehead atoms. The lowest BCUT2D eigenvalue weighted by atomic mass is 10.0. The molecule has 1 aliphatic rings. The largest absolute Gasteiger partial charge is 0.448 e. The predicted octanol–water partition coefficient (Wildman–Crippen LogP) is 4.65. The number of aryl methyl sites for hydroxylation is 1. The maximum atomic E-state index is 12.6. The molecule has 180 valence electrons. The van der Waals surface area contributed by atoms with Crippen molar-refractivity contribution in [3.05, 3.63) is 70.7 Å². The van der Waals surface area contributed by atoms with Crippen LogP contribution in [0.3, 0.4) is 0 Å². The van der Waals surface area contributed by atoms with Crippen LogP contribution in [0.4, 0.5) is 5.69 Å². The number of nitrogens with zero attached hydrogens (tertiary/aromatic N) is 3. The van der Waals surface area contributed by atoms with Crippen LogP contribution in [-0.4, -0.2) is 41.5 Å². The van der Waals surface area contributed by atoms with Crippen LogP contribution >= 0.6 is 11.6 Å². The normalized spacial score (nSPS) is 14.9. The Hall–Kier alpha value is -3.91. The lowest BCUT2D eigenvalue weighted by Gasteiger charge is -2.28. The maximum absolute atomic E-state index is 12.6. The Morgan fingerprint density at radius 2 is 1.83 bits per heavy atom. The van der Waals surface area contributed by atoms with E-state index in [4.69, 9.17) is 21.1 Å². The fourth-order valence-electron chi connectivity index (χ4n) is 4.05. The summed E-state index contributed by atoms with van der Waals surface area (Å²) in [6.07, 6.45) is -0.898. The predicted molar refractivity (Wildman–Crippen MR) is 133 cm³/mol. The second kappa shape index (κ2) is 9.76. The minimum absolute atomic E-state index is 0.0258. The molecule has 1 atom stereocenters. The monoisotopic (exact) mass is 493 g/mol. The number of esters is 1. The molecule has 0 fully saturated rings. The van der Waals surface area contributed by atoms with E-state index < -0.39 is 12.2 Å². The molecule has 0 aliphatic carbocycles. The number of benzene rings is 3. The van der Waals surface area contributed by atoms with Gasteiger partial charge in [0.2, 0.25) is 23.9 Å². The van der Waals surface area contributed by atoms with Crippen LogP contribution in [0.1, 0.15) is 31.9 Å². The van der Waals surface area contributed by atoms with Crippen molar-refractivity contribution in [2.45, 2.75) is 33.9 Å². The summed E-state index contributed by atoms with van der Waals surface area (Å²) in [6.45, 7) is 5.98. The first-order valence-corrected chi connectivity index (χ1v) is 11.3. The van der Waals surface area contributed by atoms with Crippen LogP contribution < -0.4 is 9.64 Å². The van der Waals surface area contributed by atoms with Gasteiger partial charge >= 0.3 is 5.97 Å². The summed E-state index contributed by atoms with van der Waals surface area (Å²) in [5.41, 5.74) is 1.89. The molecule has 4 rings (SSSR count). The maximum Gasteiger partial charge on any atom is 0.308 e. The van der Waals surface area contributed by atoms with E-state index in [2.05, 4.69) is 5.10 Å². The van der Waals surface area contributed by atoms with Crippen LogP contribution in [0, 0.1) is 6.92 Å². The Morgan fingerprint density at radius 3 is 2.49 bits per heavy atom. The molecule has 1 heterocycles. The number of rotatable bonds is 5. The summed E-state index contributed by atoms with van der Waals surface area (Å²) in [5.74, 6) is -0.718. The third kappa shape index (κ3) is 4.97. The van der Waals surface area contributed by atoms with Gasteiger partial charge in [0, 0.05) is 31.5 Å². The number of fused-ring (bicyclic) bond motifs is 1. The molecular formula is C26H24ClN3O5. The number of hydrazone groups is 1. The number of carbonyl (C=O) groups excluding carboxylic acids is 3. The van der Waals surface area contributed by atoms with Gasteiger partial charge < -0.3 is 14.4 Å². The van der Waals surface area contributed by atoms with Crippen LogP contribution in [0.2, 0.25) is 5.02 Å². The number of anilines is 1. The Kier molecular flexibility index (Phi) is 6.75. The fourth-order valence-corrected chi connectivity index (χ4v) is 4.27. The first-order valence-electron chi connectivity index (χ1n) is 11.0. The van der Waals surface area contributed by atoms with Gasteiger partial charge in [0.15, 0.2) is 0 Å². The second-order valence-electron chi connectivity index (χ2n) is 8.16. The van der Waals surface area contributed by atoms with Gasteiger partial charge in [-0.05, 0) is 47.5 Å². The number of halogens is 1. The average Bonchev–Trinajstić information content (AvgIpc) is 3.21. The molecule has 0 saturated carbocycles. The molecule has 35 heavy (non-hydrogen) atoms. The van der Waals surface area contributed by atoms with Crippen molar-refractivity contribution in [1.82, 2.24) is 5.01 Å². The number of hydrogen-bond donors (Lipinski definition) is 0. The van der Waals surface area contributed by atoms with E-state index in [-0.39, 0.29) is 30.0 Å². The van der Waals surface area contributed by atoms with Crippen molar-refractivity contribution in [2.24, 2.45) is 5.10 Å². The number of carbonyl (C=O) groups is 3. The van der Waals surface area contributed by atoms with E-state index in [0.717, 1.165) is 16.3 Å². The Labute approximate surface area is 207 Å². The molecule has 0 radical (unpaired) electrons. The summed E-state index contributed by atoms with van der Waals surface area (Å²) < 4.78 is 11.6. The lowest BCUT2D eigenvalue weighted by Crippen LogP contribution is -2.44. The van der Waals surface area contributed by atoms with E-state index in [0.29, 0.717) is 16.3 Å². The van der Waals surface area contributed by atoms with E-state index in [1.165, 1.54) is 30.7 Å². The Balaban J connectivity index is 1.75. The number of amides is 2. The molecule has 0 spiro atoms. The van der Waals surface area contributed by atoms with Gasteiger partial charge in [0.05, 0.1) is 12.1 Å². The zero-order valence-corrected chi connectivity index (χ0v) is 20.5. The van der Waals surface area contributed by atoms with Gasteiger partial charge in [-0.3, -0.25) is 14.4 Å². The molecule has 1 aliphatic heterocycles. The summed E-state index contributed by atoms with van der Waals surface area (Å²) in [6, 6.07) is 16.2. The molecule has 0 unspecified atom stereocenters. The van der Waals surface area contributed by atoms with E-state index in [1.54, 1.807) is 24.3 Å². The highest BCUT2D eigenvalue weighted by Crippen LogP contribution is 2.33. The number of hydrogen-bond acceptors (Lipinski definition) is 6. The summed E-state index contributed by atoms with van der Waals surface area (Å²) >= 11 is 6.09. The molecular weight excluding hydrogens is 470 g/mol. The standard InChI is InChI=1S/C26H24ClN3O5/c1-15-13-20(27)10-11-22(15)29(16(2)31)14-24-30(17(3)32)28-26(35-24)25-21-8-6-5-7-19(21)9-12-23(25)34-18(4)33/h5-13,24H,14H2,1-4H3/t24-/m1/s1. The summed E-state index contributed by atoms with van der Waals surface area (Å²) in [4.78, 5) is 38.4. The van der Waals surface area contributed by atoms with Gasteiger partial charge in [0.1, 0.15) is 5.75 Å². The highest BCUT2D eigenvalue weighted by Gasteiger charge is 2.36. The van der Waals surface area contributed by atoms with Crippen molar-refractivity contribution in [3.63, 3.8) is 0 Å². The first-order chi connectivity index (χ1) is 16.7. The van der Waals surface area contributed by atoms with Gasteiger partial charge in [-0.1, -0.05) is 41.9 Å². The molecule has 3 aromatic rings. The fraction of sp³-hybridized carbons (Fsp3) is 0.231. The van der Waals surface area contributed by atoms with Crippen molar-refractivity contribution in [2.75, 3.05) is 11.4 Å². The van der Waals surface area contributed by atoms with Gasteiger partial charge in [-0.15, -0.1) is 5.10 Å². The molecule has 9 heteroatoms. The van der Waals surface area contributed by atoms with E-state index in [9.17, 15) is 14.4 Å². The van der Waals surface area contributed by atoms with Gasteiger partial charge in [-0.25, -0.2) is 0 Å². The van der Waals surface area contributed by atoms with Crippen LogP contribution in [0.25, 0.3) is 10.8 Å². The molecule has 0 aromatic heterocycles. The lowest BCUT2D eigenvalue weighted by molar-refractivity contribution is -0.135. The minimum atomic E-state index is -0.898. The highest BCUT2D eigenvalue weighted by atomic mass is 35.5. The average molecular weight is 494 g/mol. The van der Waals surface area contributed by atoms with Crippen LogP contribution in [0.5, 0.6) is 5.75 Å².